The van der Waals surface area contributed by atoms with E-state index in [2.05, 4.69) is 50.3 Å². The first kappa shape index (κ1) is 17.0. The molecule has 1 aromatic rings. The molecule has 0 aromatic heterocycles. The molecular formula is C20H32. The molecule has 0 aliphatic carbocycles. The Balaban J connectivity index is 1.90. The Morgan fingerprint density at radius 2 is 1.45 bits per heavy atom. The van der Waals surface area contributed by atoms with Gasteiger partial charge in [-0.25, -0.2) is 0 Å². The van der Waals surface area contributed by atoms with Crippen molar-refractivity contribution in [3.8, 4) is 0 Å². The zero-order valence-corrected chi connectivity index (χ0v) is 13.5. The molecule has 0 atom stereocenters. The normalized spacial score (nSPS) is 11.3. The highest BCUT2D eigenvalue weighted by atomic mass is 14.0. The molecule has 0 fully saturated rings. The van der Waals surface area contributed by atoms with Crippen LogP contribution in [0.15, 0.2) is 36.4 Å². The van der Waals surface area contributed by atoms with Crippen LogP contribution in [0.25, 0.3) is 0 Å². The molecule has 112 valence electrons. The molecule has 0 amide bonds. The number of rotatable bonds is 11. The van der Waals surface area contributed by atoms with Gasteiger partial charge in [0, 0.05) is 0 Å². The van der Waals surface area contributed by atoms with Crippen LogP contribution in [-0.4, -0.2) is 0 Å². The molecule has 0 saturated heterocycles. The summed E-state index contributed by atoms with van der Waals surface area (Å²) in [5, 5.41) is 0. The quantitative estimate of drug-likeness (QED) is 0.313. The largest absolute Gasteiger partial charge is 0.0888 e. The van der Waals surface area contributed by atoms with Crippen molar-refractivity contribution in [3.05, 3.63) is 47.5 Å². The molecular weight excluding hydrogens is 240 g/mol. The van der Waals surface area contributed by atoms with Crippen LogP contribution >= 0.6 is 0 Å². The number of allylic oxidation sites excluding steroid dienone is 2. The lowest BCUT2D eigenvalue weighted by Crippen LogP contribution is -1.89. The zero-order valence-electron chi connectivity index (χ0n) is 13.5. The average Bonchev–Trinajstić information content (AvgIpc) is 2.46. The van der Waals surface area contributed by atoms with Crippen LogP contribution in [0.3, 0.4) is 0 Å². The molecule has 0 spiro atoms. The molecule has 0 nitrogen and oxygen atoms in total. The summed E-state index contributed by atoms with van der Waals surface area (Å²) < 4.78 is 0. The lowest BCUT2D eigenvalue weighted by molar-refractivity contribution is 0.581. The fraction of sp³-hybridized carbons (Fsp3) is 0.600. The third-order valence-corrected chi connectivity index (χ3v) is 3.98. The second-order valence-electron chi connectivity index (χ2n) is 5.82. The second kappa shape index (κ2) is 11.8. The first-order valence-corrected chi connectivity index (χ1v) is 8.54. The van der Waals surface area contributed by atoms with Gasteiger partial charge in [0.1, 0.15) is 0 Å². The van der Waals surface area contributed by atoms with Crippen LogP contribution < -0.4 is 0 Å². The molecule has 0 radical (unpaired) electrons. The Labute approximate surface area is 126 Å². The monoisotopic (exact) mass is 272 g/mol. The van der Waals surface area contributed by atoms with Crippen LogP contribution in [-0.2, 0) is 6.42 Å². The van der Waals surface area contributed by atoms with Gasteiger partial charge in [-0.15, -0.1) is 0 Å². The van der Waals surface area contributed by atoms with Crippen molar-refractivity contribution in [1.82, 2.24) is 0 Å². The van der Waals surface area contributed by atoms with Crippen LogP contribution in [0.1, 0.15) is 75.8 Å². The number of unbranched alkanes of at least 4 members (excludes halogenated alkanes) is 7. The van der Waals surface area contributed by atoms with E-state index in [4.69, 9.17) is 0 Å². The van der Waals surface area contributed by atoms with Crippen LogP contribution in [0.4, 0.5) is 0 Å². The Hall–Kier alpha value is -1.04. The highest BCUT2D eigenvalue weighted by molar-refractivity contribution is 5.25. The number of hydrogen-bond donors (Lipinski definition) is 0. The predicted octanol–water partition coefficient (Wildman–Crippen LogP) is 6.62. The summed E-state index contributed by atoms with van der Waals surface area (Å²) in [5.74, 6) is 0. The van der Waals surface area contributed by atoms with Gasteiger partial charge >= 0.3 is 0 Å². The van der Waals surface area contributed by atoms with Crippen molar-refractivity contribution < 1.29 is 0 Å². The van der Waals surface area contributed by atoms with Gasteiger partial charge in [-0.3, -0.25) is 0 Å². The molecule has 1 rings (SSSR count). The SMILES string of the molecule is CCC=CCCCCCCCCCc1ccccc1C. The number of benzene rings is 1. The van der Waals surface area contributed by atoms with E-state index in [0.717, 1.165) is 0 Å². The standard InChI is InChI=1S/C20H32/c1-3-4-5-6-7-8-9-10-11-12-13-17-20-18-15-14-16-19(20)2/h4-5,14-16,18H,3,6-13,17H2,1-2H3. The van der Waals surface area contributed by atoms with E-state index >= 15 is 0 Å². The summed E-state index contributed by atoms with van der Waals surface area (Å²) >= 11 is 0. The minimum atomic E-state index is 1.18. The summed E-state index contributed by atoms with van der Waals surface area (Å²) in [6, 6.07) is 8.80. The number of aryl methyl sites for hydroxylation is 2. The summed E-state index contributed by atoms with van der Waals surface area (Å²) in [4.78, 5) is 0. The second-order valence-corrected chi connectivity index (χ2v) is 5.82. The Morgan fingerprint density at radius 3 is 2.15 bits per heavy atom. The Bertz CT molecular complexity index is 362. The molecule has 1 aromatic carbocycles. The highest BCUT2D eigenvalue weighted by Crippen LogP contribution is 2.13. The molecule has 0 unspecified atom stereocenters. The van der Waals surface area contributed by atoms with Gasteiger partial charge < -0.3 is 0 Å². The van der Waals surface area contributed by atoms with Gasteiger partial charge in [-0.1, -0.05) is 75.4 Å². The zero-order chi connectivity index (χ0) is 14.5. The predicted molar refractivity (Wildman–Crippen MR) is 91.3 cm³/mol. The van der Waals surface area contributed by atoms with E-state index < -0.39 is 0 Å². The minimum Gasteiger partial charge on any atom is -0.0888 e. The molecule has 0 heteroatoms. The maximum absolute atomic E-state index is 2.34. The van der Waals surface area contributed by atoms with E-state index in [1.165, 1.54) is 75.3 Å². The van der Waals surface area contributed by atoms with Crippen molar-refractivity contribution in [2.75, 3.05) is 0 Å². The topological polar surface area (TPSA) is 0 Å². The van der Waals surface area contributed by atoms with Gasteiger partial charge in [-0.2, -0.15) is 0 Å². The third-order valence-electron chi connectivity index (χ3n) is 3.98. The van der Waals surface area contributed by atoms with E-state index in [1.54, 1.807) is 0 Å². The maximum Gasteiger partial charge on any atom is -0.0276 e. The van der Waals surface area contributed by atoms with Crippen LogP contribution in [0.2, 0.25) is 0 Å². The van der Waals surface area contributed by atoms with Crippen molar-refractivity contribution in [3.63, 3.8) is 0 Å². The number of hydrogen-bond acceptors (Lipinski definition) is 0. The van der Waals surface area contributed by atoms with Crippen molar-refractivity contribution in [1.29, 1.82) is 0 Å². The van der Waals surface area contributed by atoms with Crippen molar-refractivity contribution in [2.24, 2.45) is 0 Å². The van der Waals surface area contributed by atoms with Crippen molar-refractivity contribution in [2.45, 2.75) is 78.1 Å². The average molecular weight is 272 g/mol. The first-order valence-electron chi connectivity index (χ1n) is 8.54. The summed E-state index contributed by atoms with van der Waals surface area (Å²) in [6.45, 7) is 4.43. The smallest absolute Gasteiger partial charge is 0.0276 e. The van der Waals surface area contributed by atoms with Gasteiger partial charge in [0.25, 0.3) is 0 Å². The molecule has 0 saturated carbocycles. The van der Waals surface area contributed by atoms with Crippen LogP contribution in [0.5, 0.6) is 0 Å². The Kier molecular flexibility index (Phi) is 10.0. The first-order chi connectivity index (χ1) is 9.84. The van der Waals surface area contributed by atoms with Crippen LogP contribution in [0, 0.1) is 6.92 Å². The van der Waals surface area contributed by atoms with E-state index in [9.17, 15) is 0 Å². The highest BCUT2D eigenvalue weighted by Gasteiger charge is 1.97. The molecule has 0 heterocycles. The molecule has 0 aliphatic rings. The van der Waals surface area contributed by atoms with Crippen molar-refractivity contribution >= 4 is 0 Å². The van der Waals surface area contributed by atoms with Gasteiger partial charge in [0.2, 0.25) is 0 Å². The van der Waals surface area contributed by atoms with E-state index in [1.807, 2.05) is 0 Å². The molecule has 0 N–H and O–H groups in total. The fourth-order valence-corrected chi connectivity index (χ4v) is 2.64. The van der Waals surface area contributed by atoms with Gasteiger partial charge in [0.15, 0.2) is 0 Å². The lowest BCUT2D eigenvalue weighted by atomic mass is 10.0. The Morgan fingerprint density at radius 1 is 0.800 bits per heavy atom. The summed E-state index contributed by atoms with van der Waals surface area (Å²) in [6.07, 6.45) is 18.1. The van der Waals surface area contributed by atoms with E-state index in [-0.39, 0.29) is 0 Å². The fourth-order valence-electron chi connectivity index (χ4n) is 2.64. The molecule has 0 bridgehead atoms. The third kappa shape index (κ3) is 8.19. The maximum atomic E-state index is 2.34. The molecule has 0 aliphatic heterocycles. The molecule has 20 heavy (non-hydrogen) atoms. The summed E-state index contributed by atoms with van der Waals surface area (Å²) in [5.41, 5.74) is 2.99. The lowest BCUT2D eigenvalue weighted by Gasteiger charge is -2.05. The van der Waals surface area contributed by atoms with Gasteiger partial charge in [-0.05, 0) is 50.2 Å². The van der Waals surface area contributed by atoms with Gasteiger partial charge in [0.05, 0.1) is 0 Å². The minimum absolute atomic E-state index is 1.18. The van der Waals surface area contributed by atoms with E-state index in [0.29, 0.717) is 0 Å². The summed E-state index contributed by atoms with van der Waals surface area (Å²) in [7, 11) is 0.